The standard InChI is InChI=1S/C7H9N3O3/c1-8-5(11)4-6(12)9-3-10-7(4)13-2/h3H,1-2H3,(H,8,11)(H,9,10,12). The highest BCUT2D eigenvalue weighted by molar-refractivity contribution is 5.98. The highest BCUT2D eigenvalue weighted by atomic mass is 16.5. The largest absolute Gasteiger partial charge is 0.493 e. The summed E-state index contributed by atoms with van der Waals surface area (Å²) in [6, 6.07) is 0. The first kappa shape index (κ1) is 9.24. The molecule has 0 saturated heterocycles. The number of carbonyl (C=O) groups is 1. The summed E-state index contributed by atoms with van der Waals surface area (Å²) in [7, 11) is 2.79. The predicted octanol–water partition coefficient (Wildman–Crippen LogP) is -0.450. The van der Waals surface area contributed by atoms with Crippen LogP contribution in [-0.4, -0.2) is 35.1 Å². The van der Waals surface area contributed by atoms with Crippen LogP contribution in [0.4, 0.5) is 0 Å². The van der Waals surface area contributed by atoms with Gasteiger partial charge in [-0.1, -0.05) is 0 Å². The van der Waals surface area contributed by atoms with E-state index in [2.05, 4.69) is 15.3 Å². The van der Waals surface area contributed by atoms with Crippen molar-refractivity contribution in [3.8, 4) is 11.8 Å². The molecule has 0 fully saturated rings. The Bertz CT molecular complexity index is 327. The van der Waals surface area contributed by atoms with Gasteiger partial charge in [0.15, 0.2) is 5.56 Å². The van der Waals surface area contributed by atoms with Crippen LogP contribution in [0, 0.1) is 0 Å². The second kappa shape index (κ2) is 3.70. The molecule has 1 aromatic rings. The van der Waals surface area contributed by atoms with Crippen LogP contribution in [0.1, 0.15) is 10.4 Å². The van der Waals surface area contributed by atoms with E-state index in [0.29, 0.717) is 0 Å². The number of nitrogens with one attached hydrogen (secondary N) is 1. The average molecular weight is 183 g/mol. The SMILES string of the molecule is CNC(=O)c1c(O)ncnc1OC. The van der Waals surface area contributed by atoms with Gasteiger partial charge in [-0.3, -0.25) is 4.79 Å². The molecule has 0 saturated carbocycles. The van der Waals surface area contributed by atoms with E-state index >= 15 is 0 Å². The summed E-state index contributed by atoms with van der Waals surface area (Å²) in [6.07, 6.45) is 1.11. The Kier molecular flexibility index (Phi) is 2.63. The van der Waals surface area contributed by atoms with E-state index in [1.54, 1.807) is 0 Å². The second-order valence-corrected chi connectivity index (χ2v) is 2.16. The molecule has 0 aliphatic rings. The van der Waals surface area contributed by atoms with Gasteiger partial charge in [-0.15, -0.1) is 0 Å². The molecule has 0 bridgehead atoms. The summed E-state index contributed by atoms with van der Waals surface area (Å²) in [5.74, 6) is -0.840. The minimum Gasteiger partial charge on any atom is -0.493 e. The molecule has 0 aliphatic heterocycles. The molecule has 0 atom stereocenters. The van der Waals surface area contributed by atoms with Gasteiger partial charge >= 0.3 is 0 Å². The normalized spacial score (nSPS) is 9.38. The minimum absolute atomic E-state index is 0.0480. The number of carbonyl (C=O) groups excluding carboxylic acids is 1. The number of aromatic hydroxyl groups is 1. The smallest absolute Gasteiger partial charge is 0.262 e. The predicted molar refractivity (Wildman–Crippen MR) is 43.6 cm³/mol. The van der Waals surface area contributed by atoms with Crippen LogP contribution in [0.5, 0.6) is 11.8 Å². The molecular weight excluding hydrogens is 174 g/mol. The quantitative estimate of drug-likeness (QED) is 0.648. The van der Waals surface area contributed by atoms with Gasteiger partial charge in [0.1, 0.15) is 6.33 Å². The maximum Gasteiger partial charge on any atom is 0.262 e. The Morgan fingerprint density at radius 3 is 2.85 bits per heavy atom. The van der Waals surface area contributed by atoms with Crippen LogP contribution in [0.2, 0.25) is 0 Å². The Morgan fingerprint density at radius 1 is 1.62 bits per heavy atom. The number of methoxy groups -OCH3 is 1. The summed E-state index contributed by atoms with van der Waals surface area (Å²) in [6.45, 7) is 0. The van der Waals surface area contributed by atoms with Gasteiger partial charge in [0.05, 0.1) is 7.11 Å². The fourth-order valence-corrected chi connectivity index (χ4v) is 0.839. The minimum atomic E-state index is -0.491. The average Bonchev–Trinajstić information content (AvgIpc) is 2.16. The molecule has 0 spiro atoms. The Labute approximate surface area is 74.6 Å². The zero-order valence-electron chi connectivity index (χ0n) is 7.24. The molecule has 1 aromatic heterocycles. The van der Waals surface area contributed by atoms with Crippen LogP contribution in [0.15, 0.2) is 6.33 Å². The molecule has 0 aliphatic carbocycles. The molecule has 70 valence electrons. The number of amides is 1. The van der Waals surface area contributed by atoms with Gasteiger partial charge in [-0.05, 0) is 0 Å². The van der Waals surface area contributed by atoms with Gasteiger partial charge in [-0.25, -0.2) is 9.97 Å². The molecule has 1 amide bonds. The van der Waals surface area contributed by atoms with E-state index in [9.17, 15) is 9.90 Å². The van der Waals surface area contributed by atoms with Crippen molar-refractivity contribution in [2.24, 2.45) is 0 Å². The first-order valence-corrected chi connectivity index (χ1v) is 3.50. The summed E-state index contributed by atoms with van der Waals surface area (Å²) in [5, 5.41) is 11.6. The van der Waals surface area contributed by atoms with Gasteiger partial charge < -0.3 is 15.2 Å². The fraction of sp³-hybridized carbons (Fsp3) is 0.286. The maximum atomic E-state index is 11.2. The number of ether oxygens (including phenoxy) is 1. The molecule has 6 nitrogen and oxygen atoms in total. The Hall–Kier alpha value is -1.85. The lowest BCUT2D eigenvalue weighted by Crippen LogP contribution is -2.19. The van der Waals surface area contributed by atoms with Gasteiger partial charge in [0.2, 0.25) is 11.8 Å². The third-order valence-corrected chi connectivity index (χ3v) is 1.44. The first-order valence-electron chi connectivity index (χ1n) is 3.50. The van der Waals surface area contributed by atoms with E-state index in [1.807, 2.05) is 0 Å². The molecule has 13 heavy (non-hydrogen) atoms. The topological polar surface area (TPSA) is 84.3 Å². The highest BCUT2D eigenvalue weighted by Gasteiger charge is 2.17. The summed E-state index contributed by atoms with van der Waals surface area (Å²) < 4.78 is 4.78. The number of nitrogens with zero attached hydrogens (tertiary/aromatic N) is 2. The van der Waals surface area contributed by atoms with E-state index in [1.165, 1.54) is 14.2 Å². The van der Waals surface area contributed by atoms with Crippen LogP contribution in [0.25, 0.3) is 0 Å². The van der Waals surface area contributed by atoms with Gasteiger partial charge in [0.25, 0.3) is 5.91 Å². The van der Waals surface area contributed by atoms with Crippen molar-refractivity contribution in [2.75, 3.05) is 14.2 Å². The first-order chi connectivity index (χ1) is 6.20. The summed E-state index contributed by atoms with van der Waals surface area (Å²) in [4.78, 5) is 18.3. The Balaban J connectivity index is 3.22. The van der Waals surface area contributed by atoms with Crippen LogP contribution >= 0.6 is 0 Å². The number of hydrogen-bond donors (Lipinski definition) is 2. The molecule has 1 heterocycles. The van der Waals surface area contributed by atoms with Gasteiger partial charge in [0, 0.05) is 7.05 Å². The second-order valence-electron chi connectivity index (χ2n) is 2.16. The third kappa shape index (κ3) is 1.66. The van der Waals surface area contributed by atoms with Crippen LogP contribution < -0.4 is 10.1 Å². The molecule has 0 aromatic carbocycles. The molecule has 1 rings (SSSR count). The lowest BCUT2D eigenvalue weighted by atomic mass is 10.3. The zero-order valence-corrected chi connectivity index (χ0v) is 7.24. The fourth-order valence-electron chi connectivity index (χ4n) is 0.839. The lowest BCUT2D eigenvalue weighted by molar-refractivity contribution is 0.0955. The highest BCUT2D eigenvalue weighted by Crippen LogP contribution is 2.21. The van der Waals surface area contributed by atoms with Crippen molar-refractivity contribution in [1.29, 1.82) is 0 Å². The summed E-state index contributed by atoms with van der Waals surface area (Å²) >= 11 is 0. The lowest BCUT2D eigenvalue weighted by Gasteiger charge is -2.05. The maximum absolute atomic E-state index is 11.2. The molecule has 6 heteroatoms. The van der Waals surface area contributed by atoms with Crippen molar-refractivity contribution < 1.29 is 14.6 Å². The van der Waals surface area contributed by atoms with Gasteiger partial charge in [-0.2, -0.15) is 0 Å². The van der Waals surface area contributed by atoms with Crippen LogP contribution in [-0.2, 0) is 0 Å². The van der Waals surface area contributed by atoms with Crippen molar-refractivity contribution in [1.82, 2.24) is 15.3 Å². The van der Waals surface area contributed by atoms with Crippen molar-refractivity contribution in [3.63, 3.8) is 0 Å². The third-order valence-electron chi connectivity index (χ3n) is 1.44. The zero-order chi connectivity index (χ0) is 9.84. The molecule has 0 unspecified atom stereocenters. The van der Waals surface area contributed by atoms with E-state index in [-0.39, 0.29) is 11.4 Å². The molecule has 0 radical (unpaired) electrons. The number of rotatable bonds is 2. The van der Waals surface area contributed by atoms with Crippen molar-refractivity contribution in [2.45, 2.75) is 0 Å². The number of hydrogen-bond acceptors (Lipinski definition) is 5. The van der Waals surface area contributed by atoms with Crippen LogP contribution in [0.3, 0.4) is 0 Å². The van der Waals surface area contributed by atoms with E-state index in [0.717, 1.165) is 6.33 Å². The summed E-state index contributed by atoms with van der Waals surface area (Å²) in [5.41, 5.74) is -0.0625. The van der Waals surface area contributed by atoms with E-state index < -0.39 is 11.8 Å². The molecule has 2 N–H and O–H groups in total. The Morgan fingerprint density at radius 2 is 2.31 bits per heavy atom. The monoisotopic (exact) mass is 183 g/mol. The van der Waals surface area contributed by atoms with Crippen molar-refractivity contribution >= 4 is 5.91 Å². The van der Waals surface area contributed by atoms with Crippen molar-refractivity contribution in [3.05, 3.63) is 11.9 Å². The van der Waals surface area contributed by atoms with E-state index in [4.69, 9.17) is 4.74 Å². The number of aromatic nitrogens is 2. The molecular formula is C7H9N3O3.